The molecule has 2 heteroatoms. The van der Waals surface area contributed by atoms with Crippen molar-refractivity contribution in [3.05, 3.63) is 35.1 Å². The van der Waals surface area contributed by atoms with Crippen molar-refractivity contribution in [3.63, 3.8) is 0 Å². The highest BCUT2D eigenvalue weighted by Gasteiger charge is 2.19. The van der Waals surface area contributed by atoms with Gasteiger partial charge in [-0.3, -0.25) is 0 Å². The molecule has 0 nitrogen and oxygen atoms in total. The molecule has 84 valence electrons. The molecule has 1 aromatic rings. The van der Waals surface area contributed by atoms with E-state index in [0.29, 0.717) is 22.2 Å². The molecule has 0 saturated heterocycles. The maximum Gasteiger partial charge on any atom is 0.126 e. The van der Waals surface area contributed by atoms with Crippen molar-refractivity contribution in [3.8, 4) is 0 Å². The van der Waals surface area contributed by atoms with Crippen LogP contribution in [-0.4, -0.2) is 0 Å². The molecule has 0 N–H and O–H groups in total. The summed E-state index contributed by atoms with van der Waals surface area (Å²) in [6, 6.07) is 5.33. The lowest BCUT2D eigenvalue weighted by atomic mass is 9.90. The van der Waals surface area contributed by atoms with Gasteiger partial charge in [0.1, 0.15) is 5.82 Å². The average Bonchev–Trinajstić information content (AvgIpc) is 2.19. The minimum atomic E-state index is -0.129. The van der Waals surface area contributed by atoms with E-state index in [4.69, 9.17) is 0 Å². The van der Waals surface area contributed by atoms with E-state index < -0.39 is 0 Å². The van der Waals surface area contributed by atoms with Crippen LogP contribution in [-0.2, 0) is 0 Å². The summed E-state index contributed by atoms with van der Waals surface area (Å²) in [5.74, 6) is 1.02. The van der Waals surface area contributed by atoms with E-state index in [1.807, 2.05) is 12.1 Å². The molecule has 1 rings (SSSR count). The summed E-state index contributed by atoms with van der Waals surface area (Å²) in [4.78, 5) is 0.303. The minimum absolute atomic E-state index is 0.129. The van der Waals surface area contributed by atoms with Crippen LogP contribution in [0.25, 0.3) is 0 Å². The summed E-state index contributed by atoms with van der Waals surface area (Å²) >= 11 is 3.69. The van der Waals surface area contributed by atoms with E-state index >= 15 is 0 Å². The first-order chi connectivity index (χ1) is 6.93. The lowest BCUT2D eigenvalue weighted by Gasteiger charge is -2.22. The van der Waals surface area contributed by atoms with Gasteiger partial charge in [-0.2, -0.15) is 0 Å². The second-order valence-corrected chi connectivity index (χ2v) is 5.50. The first-order valence-electron chi connectivity index (χ1n) is 5.33. The highest BCUT2D eigenvalue weighted by molar-refractivity contribution is 9.09. The Morgan fingerprint density at radius 1 is 1.20 bits per heavy atom. The van der Waals surface area contributed by atoms with Crippen LogP contribution in [0.1, 0.15) is 36.7 Å². The van der Waals surface area contributed by atoms with Crippen molar-refractivity contribution in [2.45, 2.75) is 32.5 Å². The fraction of sp³-hybridized carbons (Fsp3) is 0.538. The molecule has 15 heavy (non-hydrogen) atoms. The van der Waals surface area contributed by atoms with Gasteiger partial charge in [-0.15, -0.1) is 0 Å². The number of aryl methyl sites for hydroxylation is 1. The van der Waals surface area contributed by atoms with Crippen molar-refractivity contribution in [2.75, 3.05) is 0 Å². The Labute approximate surface area is 100 Å². The monoisotopic (exact) mass is 272 g/mol. The number of hydrogen-bond acceptors (Lipinski definition) is 0. The van der Waals surface area contributed by atoms with Crippen LogP contribution in [0, 0.1) is 24.6 Å². The van der Waals surface area contributed by atoms with Crippen molar-refractivity contribution in [2.24, 2.45) is 11.8 Å². The van der Waals surface area contributed by atoms with Crippen molar-refractivity contribution >= 4 is 15.9 Å². The van der Waals surface area contributed by atoms with Gasteiger partial charge in [0.15, 0.2) is 0 Å². The zero-order valence-corrected chi connectivity index (χ0v) is 11.3. The van der Waals surface area contributed by atoms with Crippen LogP contribution in [0.4, 0.5) is 4.39 Å². The molecule has 0 bridgehead atoms. The molecule has 0 saturated carbocycles. The molecule has 1 aromatic carbocycles. The topological polar surface area (TPSA) is 0 Å². The van der Waals surface area contributed by atoms with E-state index in [0.717, 1.165) is 5.56 Å². The predicted octanol–water partition coefficient (Wildman–Crippen LogP) is 4.86. The van der Waals surface area contributed by atoms with Crippen LogP contribution in [0.3, 0.4) is 0 Å². The second kappa shape index (κ2) is 5.11. The predicted molar refractivity (Wildman–Crippen MR) is 66.8 cm³/mol. The third-order valence-electron chi connectivity index (χ3n) is 3.01. The number of benzene rings is 1. The maximum absolute atomic E-state index is 13.1. The quantitative estimate of drug-likeness (QED) is 0.690. The third kappa shape index (κ3) is 3.04. The molecule has 0 aliphatic carbocycles. The highest BCUT2D eigenvalue weighted by atomic mass is 79.9. The Morgan fingerprint density at radius 3 is 2.27 bits per heavy atom. The van der Waals surface area contributed by atoms with E-state index in [1.165, 1.54) is 0 Å². The molecule has 2 unspecified atom stereocenters. The average molecular weight is 273 g/mol. The second-order valence-electron chi connectivity index (χ2n) is 4.51. The van der Waals surface area contributed by atoms with Gasteiger partial charge in [0.05, 0.1) is 0 Å². The Morgan fingerprint density at radius 2 is 1.80 bits per heavy atom. The smallest absolute Gasteiger partial charge is 0.126 e. The van der Waals surface area contributed by atoms with E-state index in [-0.39, 0.29) is 5.82 Å². The molecule has 0 aromatic heterocycles. The fourth-order valence-electron chi connectivity index (χ4n) is 1.48. The molecule has 2 atom stereocenters. The molecule has 0 aliphatic heterocycles. The van der Waals surface area contributed by atoms with Gasteiger partial charge in [-0.1, -0.05) is 48.8 Å². The van der Waals surface area contributed by atoms with Gasteiger partial charge in [0.2, 0.25) is 0 Å². The normalized spacial score (nSPS) is 15.4. The lowest BCUT2D eigenvalue weighted by molar-refractivity contribution is 0.414. The minimum Gasteiger partial charge on any atom is -0.207 e. The SMILES string of the molecule is Cc1cc(C(Br)C(C)C(C)C)ccc1F. The van der Waals surface area contributed by atoms with Gasteiger partial charge in [0, 0.05) is 4.83 Å². The number of rotatable bonds is 3. The van der Waals surface area contributed by atoms with Crippen LogP contribution in [0.5, 0.6) is 0 Å². The number of hydrogen-bond donors (Lipinski definition) is 0. The fourth-order valence-corrected chi connectivity index (χ4v) is 2.38. The summed E-state index contributed by atoms with van der Waals surface area (Å²) in [6.45, 7) is 8.42. The summed E-state index contributed by atoms with van der Waals surface area (Å²) in [5.41, 5.74) is 1.88. The first-order valence-corrected chi connectivity index (χ1v) is 6.25. The van der Waals surface area contributed by atoms with Crippen LogP contribution in [0.15, 0.2) is 18.2 Å². The van der Waals surface area contributed by atoms with Gasteiger partial charge in [-0.05, 0) is 36.0 Å². The standard InChI is InChI=1S/C13H18BrF/c1-8(2)10(4)13(14)11-5-6-12(15)9(3)7-11/h5-8,10,13H,1-4H3. The van der Waals surface area contributed by atoms with Crippen LogP contribution < -0.4 is 0 Å². The summed E-state index contributed by atoms with van der Waals surface area (Å²) in [6.07, 6.45) is 0. The number of halogens is 2. The van der Waals surface area contributed by atoms with Crippen molar-refractivity contribution < 1.29 is 4.39 Å². The van der Waals surface area contributed by atoms with Crippen molar-refractivity contribution in [1.82, 2.24) is 0 Å². The van der Waals surface area contributed by atoms with Gasteiger partial charge in [0.25, 0.3) is 0 Å². The summed E-state index contributed by atoms with van der Waals surface area (Å²) < 4.78 is 13.1. The first kappa shape index (κ1) is 12.7. The van der Waals surface area contributed by atoms with Gasteiger partial charge < -0.3 is 0 Å². The Kier molecular flexibility index (Phi) is 4.32. The molecule has 0 radical (unpaired) electrons. The summed E-state index contributed by atoms with van der Waals surface area (Å²) in [5, 5.41) is 0. The zero-order valence-electron chi connectivity index (χ0n) is 9.72. The molecule has 0 aliphatic rings. The highest BCUT2D eigenvalue weighted by Crippen LogP contribution is 2.35. The van der Waals surface area contributed by atoms with Gasteiger partial charge >= 0.3 is 0 Å². The molecule has 0 spiro atoms. The largest absolute Gasteiger partial charge is 0.207 e. The van der Waals surface area contributed by atoms with E-state index in [1.54, 1.807) is 13.0 Å². The van der Waals surface area contributed by atoms with Gasteiger partial charge in [-0.25, -0.2) is 4.39 Å². The van der Waals surface area contributed by atoms with E-state index in [9.17, 15) is 4.39 Å². The molecule has 0 amide bonds. The van der Waals surface area contributed by atoms with E-state index in [2.05, 4.69) is 36.7 Å². The molecular formula is C13H18BrF. The Balaban J connectivity index is 2.91. The molecular weight excluding hydrogens is 255 g/mol. The molecule has 0 heterocycles. The summed E-state index contributed by atoms with van der Waals surface area (Å²) in [7, 11) is 0. The molecule has 0 fully saturated rings. The van der Waals surface area contributed by atoms with Crippen LogP contribution in [0.2, 0.25) is 0 Å². The third-order valence-corrected chi connectivity index (χ3v) is 4.38. The zero-order chi connectivity index (χ0) is 11.6. The number of alkyl halides is 1. The maximum atomic E-state index is 13.1. The Bertz CT molecular complexity index is 333. The lowest BCUT2D eigenvalue weighted by Crippen LogP contribution is -2.10. The van der Waals surface area contributed by atoms with Crippen molar-refractivity contribution in [1.29, 1.82) is 0 Å². The van der Waals surface area contributed by atoms with Crippen LogP contribution >= 0.6 is 15.9 Å². The Hall–Kier alpha value is -0.370.